The van der Waals surface area contributed by atoms with Gasteiger partial charge in [0.05, 0.1) is 5.41 Å². The van der Waals surface area contributed by atoms with Gasteiger partial charge in [0.1, 0.15) is 0 Å². The lowest BCUT2D eigenvalue weighted by molar-refractivity contribution is -0.141. The minimum absolute atomic E-state index is 0.0599. The molecule has 0 aromatic rings. The molecule has 2 saturated carbocycles. The molecule has 0 saturated heterocycles. The third-order valence-electron chi connectivity index (χ3n) is 5.90. The molecule has 0 bridgehead atoms. The van der Waals surface area contributed by atoms with Crippen molar-refractivity contribution >= 4 is 5.91 Å². The van der Waals surface area contributed by atoms with E-state index in [4.69, 9.17) is 0 Å². The average molecular weight is 265 g/mol. The van der Waals surface area contributed by atoms with Crippen LogP contribution in [0.1, 0.15) is 77.6 Å². The van der Waals surface area contributed by atoms with Crippen LogP contribution in [0.15, 0.2) is 0 Å². The monoisotopic (exact) mass is 265 g/mol. The van der Waals surface area contributed by atoms with Crippen molar-refractivity contribution in [2.45, 2.75) is 77.6 Å². The standard InChI is InChI=1S/C17H31NO/c1-3-17(16(19)18-2,14-10-6-4-7-11-14)15-12-8-5-9-13-15/h14-15H,3-13H2,1-2H3,(H,18,19). The number of hydrogen-bond donors (Lipinski definition) is 1. The second-order valence-electron chi connectivity index (χ2n) is 6.64. The van der Waals surface area contributed by atoms with Gasteiger partial charge in [-0.05, 0) is 43.9 Å². The SMILES string of the molecule is CCC(C(=O)NC)(C1CCCCC1)C1CCCCC1. The van der Waals surface area contributed by atoms with Crippen LogP contribution < -0.4 is 5.32 Å². The molecule has 0 unspecified atom stereocenters. The molecule has 2 heteroatoms. The van der Waals surface area contributed by atoms with Crippen molar-refractivity contribution in [3.8, 4) is 0 Å². The van der Waals surface area contributed by atoms with Gasteiger partial charge in [0.15, 0.2) is 0 Å². The van der Waals surface area contributed by atoms with Crippen molar-refractivity contribution in [2.24, 2.45) is 17.3 Å². The summed E-state index contributed by atoms with van der Waals surface area (Å²) in [6, 6.07) is 0. The minimum atomic E-state index is -0.0599. The van der Waals surface area contributed by atoms with Crippen molar-refractivity contribution in [3.05, 3.63) is 0 Å². The van der Waals surface area contributed by atoms with Crippen LogP contribution in [-0.2, 0) is 4.79 Å². The smallest absolute Gasteiger partial charge is 0.226 e. The highest BCUT2D eigenvalue weighted by Crippen LogP contribution is 2.51. The largest absolute Gasteiger partial charge is 0.359 e. The molecule has 0 aromatic carbocycles. The number of rotatable bonds is 4. The Labute approximate surface area is 118 Å². The summed E-state index contributed by atoms with van der Waals surface area (Å²) in [5.41, 5.74) is -0.0599. The van der Waals surface area contributed by atoms with Crippen LogP contribution >= 0.6 is 0 Å². The summed E-state index contributed by atoms with van der Waals surface area (Å²) in [6.07, 6.45) is 14.2. The Morgan fingerprint density at radius 1 is 0.947 bits per heavy atom. The predicted octanol–water partition coefficient (Wildman–Crippen LogP) is 4.29. The van der Waals surface area contributed by atoms with E-state index in [2.05, 4.69) is 12.2 Å². The summed E-state index contributed by atoms with van der Waals surface area (Å²) in [5.74, 6) is 1.61. The third-order valence-corrected chi connectivity index (χ3v) is 5.90. The highest BCUT2D eigenvalue weighted by molar-refractivity contribution is 5.83. The van der Waals surface area contributed by atoms with Crippen LogP contribution in [0.25, 0.3) is 0 Å². The molecule has 110 valence electrons. The Morgan fingerprint density at radius 3 is 1.68 bits per heavy atom. The topological polar surface area (TPSA) is 29.1 Å². The molecule has 2 fully saturated rings. The van der Waals surface area contributed by atoms with E-state index in [-0.39, 0.29) is 5.41 Å². The maximum absolute atomic E-state index is 12.8. The number of nitrogens with one attached hydrogen (secondary N) is 1. The molecule has 0 atom stereocenters. The number of hydrogen-bond acceptors (Lipinski definition) is 1. The molecular formula is C17H31NO. The van der Waals surface area contributed by atoms with Crippen LogP contribution in [0.2, 0.25) is 0 Å². The van der Waals surface area contributed by atoms with E-state index in [1.54, 1.807) is 0 Å². The normalized spacial score (nSPS) is 23.3. The van der Waals surface area contributed by atoms with Crippen molar-refractivity contribution in [2.75, 3.05) is 7.05 Å². The molecule has 0 aliphatic heterocycles. The van der Waals surface area contributed by atoms with Gasteiger partial charge >= 0.3 is 0 Å². The Kier molecular flexibility index (Phi) is 5.29. The van der Waals surface area contributed by atoms with Gasteiger partial charge < -0.3 is 5.32 Å². The van der Waals surface area contributed by atoms with Crippen LogP contribution in [0.4, 0.5) is 0 Å². The molecule has 0 spiro atoms. The van der Waals surface area contributed by atoms with Gasteiger partial charge in [-0.3, -0.25) is 4.79 Å². The van der Waals surface area contributed by atoms with E-state index < -0.39 is 0 Å². The van der Waals surface area contributed by atoms with Gasteiger partial charge in [0, 0.05) is 7.05 Å². The van der Waals surface area contributed by atoms with E-state index in [9.17, 15) is 4.79 Å². The summed E-state index contributed by atoms with van der Waals surface area (Å²) in [4.78, 5) is 12.8. The van der Waals surface area contributed by atoms with Crippen molar-refractivity contribution in [3.63, 3.8) is 0 Å². The Morgan fingerprint density at radius 2 is 1.37 bits per heavy atom. The molecule has 2 rings (SSSR count). The molecule has 0 heterocycles. The summed E-state index contributed by atoms with van der Waals surface area (Å²) in [7, 11) is 1.83. The fourth-order valence-electron chi connectivity index (χ4n) is 4.91. The molecule has 2 nitrogen and oxygen atoms in total. The van der Waals surface area contributed by atoms with Gasteiger partial charge in [-0.25, -0.2) is 0 Å². The molecule has 19 heavy (non-hydrogen) atoms. The zero-order valence-corrected chi connectivity index (χ0v) is 12.8. The first-order valence-corrected chi connectivity index (χ1v) is 8.48. The van der Waals surface area contributed by atoms with Gasteiger partial charge in [0.2, 0.25) is 5.91 Å². The van der Waals surface area contributed by atoms with Crippen LogP contribution in [0, 0.1) is 17.3 Å². The zero-order chi connectivity index (χ0) is 13.7. The molecular weight excluding hydrogens is 234 g/mol. The average Bonchev–Trinajstić information content (AvgIpc) is 2.50. The van der Waals surface area contributed by atoms with Gasteiger partial charge in [-0.2, -0.15) is 0 Å². The van der Waals surface area contributed by atoms with Gasteiger partial charge in [0.25, 0.3) is 0 Å². The van der Waals surface area contributed by atoms with E-state index in [0.717, 1.165) is 6.42 Å². The zero-order valence-electron chi connectivity index (χ0n) is 12.8. The van der Waals surface area contributed by atoms with Gasteiger partial charge in [-0.1, -0.05) is 45.4 Å². The lowest BCUT2D eigenvalue weighted by Crippen LogP contribution is -2.50. The molecule has 2 aliphatic carbocycles. The van der Waals surface area contributed by atoms with Crippen LogP contribution in [0.3, 0.4) is 0 Å². The third kappa shape index (κ3) is 2.83. The van der Waals surface area contributed by atoms with E-state index in [1.807, 2.05) is 7.05 Å². The molecule has 1 amide bonds. The van der Waals surface area contributed by atoms with Crippen molar-refractivity contribution < 1.29 is 4.79 Å². The summed E-state index contributed by atoms with van der Waals surface area (Å²) < 4.78 is 0. The number of carbonyl (C=O) groups excluding carboxylic acids is 1. The van der Waals surface area contributed by atoms with Crippen LogP contribution in [-0.4, -0.2) is 13.0 Å². The first-order chi connectivity index (χ1) is 9.25. The summed E-state index contributed by atoms with van der Waals surface area (Å²) >= 11 is 0. The molecule has 1 N–H and O–H groups in total. The molecule has 0 radical (unpaired) electrons. The highest BCUT2D eigenvalue weighted by atomic mass is 16.2. The second kappa shape index (κ2) is 6.76. The summed E-state index contributed by atoms with van der Waals surface area (Å²) in [5, 5.41) is 3.01. The van der Waals surface area contributed by atoms with E-state index >= 15 is 0 Å². The second-order valence-corrected chi connectivity index (χ2v) is 6.64. The van der Waals surface area contributed by atoms with Gasteiger partial charge in [-0.15, -0.1) is 0 Å². The maximum Gasteiger partial charge on any atom is 0.226 e. The van der Waals surface area contributed by atoms with E-state index in [0.29, 0.717) is 17.7 Å². The fourth-order valence-corrected chi connectivity index (χ4v) is 4.91. The number of amides is 1. The fraction of sp³-hybridized carbons (Fsp3) is 0.941. The first kappa shape index (κ1) is 14.9. The Hall–Kier alpha value is -0.530. The lowest BCUT2D eigenvalue weighted by Gasteiger charge is -2.47. The quantitative estimate of drug-likeness (QED) is 0.807. The van der Waals surface area contributed by atoms with E-state index in [1.165, 1.54) is 64.2 Å². The van der Waals surface area contributed by atoms with Crippen LogP contribution in [0.5, 0.6) is 0 Å². The van der Waals surface area contributed by atoms with Crippen molar-refractivity contribution in [1.29, 1.82) is 0 Å². The molecule has 2 aliphatic rings. The minimum Gasteiger partial charge on any atom is -0.359 e. The predicted molar refractivity (Wildman–Crippen MR) is 79.9 cm³/mol. The summed E-state index contributed by atoms with van der Waals surface area (Å²) in [6.45, 7) is 2.25. The Bertz CT molecular complexity index is 270. The lowest BCUT2D eigenvalue weighted by atomic mass is 9.57. The highest BCUT2D eigenvalue weighted by Gasteiger charge is 2.49. The molecule has 0 aromatic heterocycles. The number of carbonyl (C=O) groups is 1. The van der Waals surface area contributed by atoms with Crippen molar-refractivity contribution in [1.82, 2.24) is 5.32 Å². The maximum atomic E-state index is 12.8. The first-order valence-electron chi connectivity index (χ1n) is 8.48. The Balaban J connectivity index is 2.25.